The SMILES string of the molecule is c1ccc(-c2ccc3c(c2)[nH]c2ccc4c5ccc6ccccc6c5oc4c23)cc1. The molecule has 0 unspecified atom stereocenters. The molecule has 2 heterocycles. The topological polar surface area (TPSA) is 28.9 Å². The lowest BCUT2D eigenvalue weighted by Crippen LogP contribution is -1.77. The minimum Gasteiger partial charge on any atom is -0.455 e. The molecule has 0 saturated heterocycles. The fraction of sp³-hybridized carbons (Fsp3) is 0. The minimum absolute atomic E-state index is 0.956. The third kappa shape index (κ3) is 2.08. The molecule has 0 aliphatic heterocycles. The van der Waals surface area contributed by atoms with Crippen molar-refractivity contribution in [3.63, 3.8) is 0 Å². The summed E-state index contributed by atoms with van der Waals surface area (Å²) in [4.78, 5) is 3.60. The van der Waals surface area contributed by atoms with E-state index < -0.39 is 0 Å². The van der Waals surface area contributed by atoms with Crippen molar-refractivity contribution in [3.8, 4) is 11.1 Å². The van der Waals surface area contributed by atoms with Crippen LogP contribution in [0.25, 0.3) is 65.6 Å². The van der Waals surface area contributed by atoms with Gasteiger partial charge in [-0.25, -0.2) is 0 Å². The molecule has 0 spiro atoms. The fourth-order valence-electron chi connectivity index (χ4n) is 4.76. The Morgan fingerprint density at radius 1 is 0.500 bits per heavy atom. The smallest absolute Gasteiger partial charge is 0.145 e. The predicted octanol–water partition coefficient (Wildman–Crippen LogP) is 8.04. The van der Waals surface area contributed by atoms with Gasteiger partial charge in [-0.3, -0.25) is 0 Å². The highest BCUT2D eigenvalue weighted by atomic mass is 16.3. The van der Waals surface area contributed by atoms with Gasteiger partial charge in [0.1, 0.15) is 11.2 Å². The molecule has 2 heteroatoms. The van der Waals surface area contributed by atoms with Crippen LogP contribution in [0.2, 0.25) is 0 Å². The van der Waals surface area contributed by atoms with Gasteiger partial charge in [-0.05, 0) is 40.8 Å². The molecule has 2 aromatic heterocycles. The van der Waals surface area contributed by atoms with E-state index >= 15 is 0 Å². The van der Waals surface area contributed by atoms with Crippen molar-refractivity contribution in [3.05, 3.63) is 97.1 Å². The van der Waals surface area contributed by atoms with E-state index in [0.717, 1.165) is 38.4 Å². The number of aromatic nitrogens is 1. The molecule has 1 N–H and O–H groups in total. The Hall–Kier alpha value is -4.04. The lowest BCUT2D eigenvalue weighted by molar-refractivity contribution is 0.677. The summed E-state index contributed by atoms with van der Waals surface area (Å²) in [6.45, 7) is 0. The van der Waals surface area contributed by atoms with E-state index in [0.29, 0.717) is 0 Å². The van der Waals surface area contributed by atoms with Gasteiger partial charge < -0.3 is 9.40 Å². The second-order valence-electron chi connectivity index (χ2n) is 7.88. The third-order valence-corrected chi connectivity index (χ3v) is 6.20. The zero-order valence-corrected chi connectivity index (χ0v) is 16.1. The summed E-state index contributed by atoms with van der Waals surface area (Å²) in [5.74, 6) is 0. The Morgan fingerprint density at radius 3 is 2.20 bits per heavy atom. The highest BCUT2D eigenvalue weighted by molar-refractivity contribution is 6.25. The third-order valence-electron chi connectivity index (χ3n) is 6.20. The number of benzene rings is 5. The standard InChI is InChI=1S/C28H17NO/c1-2-6-17(7-3-1)19-11-13-23-25(16-19)29-24-15-14-22-21-12-10-18-8-4-5-9-20(18)27(21)30-28(22)26(23)24/h1-16,29H. The van der Waals surface area contributed by atoms with Crippen LogP contribution in [0, 0.1) is 0 Å². The molecule has 0 amide bonds. The van der Waals surface area contributed by atoms with Crippen LogP contribution in [-0.4, -0.2) is 4.98 Å². The van der Waals surface area contributed by atoms with Gasteiger partial charge in [0.25, 0.3) is 0 Å². The molecule has 7 rings (SSSR count). The maximum atomic E-state index is 6.54. The number of nitrogens with one attached hydrogen (secondary N) is 1. The van der Waals surface area contributed by atoms with Gasteiger partial charge in [-0.15, -0.1) is 0 Å². The average molecular weight is 383 g/mol. The molecule has 7 aromatic rings. The van der Waals surface area contributed by atoms with Gasteiger partial charge in [-0.1, -0.05) is 72.8 Å². The first-order valence-corrected chi connectivity index (χ1v) is 10.2. The molecule has 0 aliphatic carbocycles. The van der Waals surface area contributed by atoms with Crippen molar-refractivity contribution in [2.24, 2.45) is 0 Å². The van der Waals surface area contributed by atoms with Crippen LogP contribution in [0.15, 0.2) is 101 Å². The number of hydrogen-bond acceptors (Lipinski definition) is 1. The van der Waals surface area contributed by atoms with E-state index in [4.69, 9.17) is 4.42 Å². The van der Waals surface area contributed by atoms with E-state index in [9.17, 15) is 0 Å². The number of fused-ring (bicyclic) bond motifs is 9. The highest BCUT2D eigenvalue weighted by Crippen LogP contribution is 2.40. The second kappa shape index (κ2) is 5.74. The summed E-state index contributed by atoms with van der Waals surface area (Å²) in [6.07, 6.45) is 0. The van der Waals surface area contributed by atoms with Crippen molar-refractivity contribution in [2.75, 3.05) is 0 Å². The molecule has 0 atom stereocenters. The van der Waals surface area contributed by atoms with E-state index in [2.05, 4.69) is 96.0 Å². The summed E-state index contributed by atoms with van der Waals surface area (Å²) >= 11 is 0. The van der Waals surface area contributed by atoms with Gasteiger partial charge in [-0.2, -0.15) is 0 Å². The number of hydrogen-bond donors (Lipinski definition) is 1. The molecule has 30 heavy (non-hydrogen) atoms. The van der Waals surface area contributed by atoms with Crippen molar-refractivity contribution < 1.29 is 4.42 Å². The van der Waals surface area contributed by atoms with Crippen LogP contribution in [0.5, 0.6) is 0 Å². The lowest BCUT2D eigenvalue weighted by Gasteiger charge is -2.01. The molecule has 0 radical (unpaired) electrons. The molecule has 2 nitrogen and oxygen atoms in total. The van der Waals surface area contributed by atoms with Gasteiger partial charge in [0.05, 0.1) is 10.9 Å². The first-order valence-electron chi connectivity index (χ1n) is 10.2. The zero-order chi connectivity index (χ0) is 19.7. The Morgan fingerprint density at radius 2 is 1.27 bits per heavy atom. The van der Waals surface area contributed by atoms with Crippen LogP contribution in [0.3, 0.4) is 0 Å². The van der Waals surface area contributed by atoms with Crippen molar-refractivity contribution in [2.45, 2.75) is 0 Å². The minimum atomic E-state index is 0.956. The normalized spacial score (nSPS) is 12.0. The predicted molar refractivity (Wildman–Crippen MR) is 126 cm³/mol. The van der Waals surface area contributed by atoms with Crippen LogP contribution in [0.1, 0.15) is 0 Å². The van der Waals surface area contributed by atoms with E-state index in [-0.39, 0.29) is 0 Å². The van der Waals surface area contributed by atoms with Crippen LogP contribution >= 0.6 is 0 Å². The molecule has 140 valence electrons. The van der Waals surface area contributed by atoms with Gasteiger partial charge >= 0.3 is 0 Å². The summed E-state index contributed by atoms with van der Waals surface area (Å²) in [7, 11) is 0. The highest BCUT2D eigenvalue weighted by Gasteiger charge is 2.16. The number of aromatic amines is 1. The first-order chi connectivity index (χ1) is 14.9. The van der Waals surface area contributed by atoms with Gasteiger partial charge in [0.15, 0.2) is 0 Å². The average Bonchev–Trinajstić information content (AvgIpc) is 3.37. The quantitative estimate of drug-likeness (QED) is 0.305. The second-order valence-corrected chi connectivity index (χ2v) is 7.88. The Balaban J connectivity index is 1.58. The zero-order valence-electron chi connectivity index (χ0n) is 16.1. The number of rotatable bonds is 1. The Kier molecular flexibility index (Phi) is 3.03. The number of H-pyrrole nitrogens is 1. The summed E-state index contributed by atoms with van der Waals surface area (Å²) < 4.78 is 6.54. The molecule has 0 aliphatic rings. The molecular weight excluding hydrogens is 366 g/mol. The van der Waals surface area contributed by atoms with Crippen LogP contribution in [0.4, 0.5) is 0 Å². The summed E-state index contributed by atoms with van der Waals surface area (Å²) in [5.41, 5.74) is 6.58. The van der Waals surface area contributed by atoms with E-state index in [1.807, 2.05) is 6.07 Å². The van der Waals surface area contributed by atoms with Gasteiger partial charge in [0.2, 0.25) is 0 Å². The maximum Gasteiger partial charge on any atom is 0.145 e. The van der Waals surface area contributed by atoms with Crippen LogP contribution < -0.4 is 0 Å². The molecule has 0 fully saturated rings. The monoisotopic (exact) mass is 383 g/mol. The van der Waals surface area contributed by atoms with Crippen molar-refractivity contribution in [1.82, 2.24) is 4.98 Å². The molecule has 0 saturated carbocycles. The molecule has 5 aromatic carbocycles. The van der Waals surface area contributed by atoms with Crippen LogP contribution in [-0.2, 0) is 0 Å². The Bertz CT molecular complexity index is 1740. The summed E-state index contributed by atoms with van der Waals surface area (Å²) in [5, 5.41) is 7.04. The largest absolute Gasteiger partial charge is 0.455 e. The number of furan rings is 1. The molecule has 0 bridgehead atoms. The maximum absolute atomic E-state index is 6.54. The van der Waals surface area contributed by atoms with Gasteiger partial charge in [0, 0.05) is 27.1 Å². The van der Waals surface area contributed by atoms with Crippen molar-refractivity contribution in [1.29, 1.82) is 0 Å². The van der Waals surface area contributed by atoms with E-state index in [1.165, 1.54) is 27.3 Å². The molecular formula is C28H17NO. The van der Waals surface area contributed by atoms with Crippen molar-refractivity contribution >= 4 is 54.5 Å². The summed E-state index contributed by atoms with van der Waals surface area (Å²) in [6, 6.07) is 34.2. The fourth-order valence-corrected chi connectivity index (χ4v) is 4.76. The Labute approximate surface area is 172 Å². The first kappa shape index (κ1) is 15.8. The lowest BCUT2D eigenvalue weighted by atomic mass is 10.0. The van der Waals surface area contributed by atoms with E-state index in [1.54, 1.807) is 0 Å².